The zero-order chi connectivity index (χ0) is 22.4. The molecular weight excluding hydrogens is 440 g/mol. The fourth-order valence-electron chi connectivity index (χ4n) is 4.78. The molecule has 0 spiro atoms. The molecule has 3 fully saturated rings. The maximum absolute atomic E-state index is 13.3. The van der Waals surface area contributed by atoms with Gasteiger partial charge in [-0.05, 0) is 62.8 Å². The van der Waals surface area contributed by atoms with E-state index >= 15 is 0 Å². The summed E-state index contributed by atoms with van der Waals surface area (Å²) >= 11 is 1.58. The maximum atomic E-state index is 13.3. The van der Waals surface area contributed by atoms with Crippen LogP contribution in [0, 0.1) is 11.8 Å². The van der Waals surface area contributed by atoms with Crippen molar-refractivity contribution in [3.05, 3.63) is 22.3 Å². The largest absolute Gasteiger partial charge is 0.379 e. The molecule has 1 aliphatic heterocycles. The van der Waals surface area contributed by atoms with E-state index in [2.05, 4.69) is 30.7 Å². The van der Waals surface area contributed by atoms with E-state index in [-0.39, 0.29) is 29.8 Å². The topological polar surface area (TPSA) is 110 Å². The van der Waals surface area contributed by atoms with Gasteiger partial charge in [0.15, 0.2) is 0 Å². The number of anilines is 2. The number of nitrogens with one attached hydrogen (secondary N) is 3. The van der Waals surface area contributed by atoms with Gasteiger partial charge in [0.2, 0.25) is 11.9 Å². The Kier molecular flexibility index (Phi) is 5.57. The summed E-state index contributed by atoms with van der Waals surface area (Å²) in [6, 6.07) is 0.412. The minimum absolute atomic E-state index is 0.0467. The molecule has 3 aliphatic carbocycles. The highest BCUT2D eigenvalue weighted by molar-refractivity contribution is 7.17. The molecule has 2 amide bonds. The van der Waals surface area contributed by atoms with Crippen molar-refractivity contribution in [2.75, 3.05) is 30.4 Å². The molecule has 2 aromatic heterocycles. The van der Waals surface area contributed by atoms with Crippen LogP contribution in [0.2, 0.25) is 0 Å². The standard InChI is InChI=1S/C23H30N6O3S/c30-20(14-3-4-14)27-22-19(21(31)24-10-13-1-2-13)17-9-16(5-6-18(17)33-22)29-12-25-28-23(29)26-15-7-8-32-11-15/h12-16H,1-11H2,(H,24,31)(H,26,28)(H,27,30)/t15?,16-/m0/s1. The quantitative estimate of drug-likeness (QED) is 0.547. The highest BCUT2D eigenvalue weighted by atomic mass is 32.1. The summed E-state index contributed by atoms with van der Waals surface area (Å²) in [6.45, 7) is 2.16. The number of aryl methyl sites for hydroxylation is 1. The molecule has 176 valence electrons. The average Bonchev–Trinajstić information content (AvgIpc) is 3.70. The molecule has 3 heterocycles. The summed E-state index contributed by atoms with van der Waals surface area (Å²) in [4.78, 5) is 27.0. The SMILES string of the molecule is O=C(NCC1CC1)c1c(NC(=O)C2CC2)sc2c1C[C@@H](n1cnnc1NC1CCOC1)CC2. The van der Waals surface area contributed by atoms with Gasteiger partial charge in [-0.15, -0.1) is 21.5 Å². The van der Waals surface area contributed by atoms with E-state index in [1.807, 2.05) is 0 Å². The van der Waals surface area contributed by atoms with Crippen molar-refractivity contribution in [3.8, 4) is 0 Å². The van der Waals surface area contributed by atoms with Gasteiger partial charge in [0, 0.05) is 30.0 Å². The van der Waals surface area contributed by atoms with Crippen LogP contribution in [-0.2, 0) is 22.4 Å². The van der Waals surface area contributed by atoms with Crippen LogP contribution in [0.15, 0.2) is 6.33 Å². The zero-order valence-corrected chi connectivity index (χ0v) is 19.5. The highest BCUT2D eigenvalue weighted by Crippen LogP contribution is 2.42. The molecule has 10 heteroatoms. The van der Waals surface area contributed by atoms with Crippen LogP contribution < -0.4 is 16.0 Å². The predicted octanol–water partition coefficient (Wildman–Crippen LogP) is 2.76. The Hall–Kier alpha value is -2.46. The number of rotatable bonds is 8. The molecule has 0 aromatic carbocycles. The van der Waals surface area contributed by atoms with Gasteiger partial charge >= 0.3 is 0 Å². The van der Waals surface area contributed by atoms with Crippen LogP contribution >= 0.6 is 11.3 Å². The number of hydrogen-bond donors (Lipinski definition) is 3. The number of nitrogens with zero attached hydrogens (tertiary/aromatic N) is 3. The van der Waals surface area contributed by atoms with E-state index in [0.29, 0.717) is 24.6 Å². The summed E-state index contributed by atoms with van der Waals surface area (Å²) in [7, 11) is 0. The third-order valence-corrected chi connectivity index (χ3v) is 8.33. The number of ether oxygens (including phenoxy) is 1. The van der Waals surface area contributed by atoms with Gasteiger partial charge < -0.3 is 20.7 Å². The minimum Gasteiger partial charge on any atom is -0.379 e. The summed E-state index contributed by atoms with van der Waals surface area (Å²) in [5.41, 5.74) is 1.74. The van der Waals surface area contributed by atoms with Gasteiger partial charge in [0.1, 0.15) is 11.3 Å². The summed E-state index contributed by atoms with van der Waals surface area (Å²) < 4.78 is 7.59. The zero-order valence-electron chi connectivity index (χ0n) is 18.6. The first kappa shape index (κ1) is 21.1. The van der Waals surface area contributed by atoms with E-state index in [0.717, 1.165) is 61.6 Å². The number of carbonyl (C=O) groups excluding carboxylic acids is 2. The number of fused-ring (bicyclic) bond motifs is 1. The number of carbonyl (C=O) groups is 2. The monoisotopic (exact) mass is 470 g/mol. The molecule has 3 N–H and O–H groups in total. The van der Waals surface area contributed by atoms with Crippen LogP contribution in [0.4, 0.5) is 10.9 Å². The van der Waals surface area contributed by atoms with Crippen LogP contribution in [0.25, 0.3) is 0 Å². The lowest BCUT2D eigenvalue weighted by molar-refractivity contribution is -0.117. The molecule has 6 rings (SSSR count). The molecule has 33 heavy (non-hydrogen) atoms. The second-order valence-corrected chi connectivity index (χ2v) is 10.9. The second-order valence-electron chi connectivity index (χ2n) is 9.79. The molecule has 2 saturated carbocycles. The Bertz CT molecular complexity index is 1050. The van der Waals surface area contributed by atoms with Crippen LogP contribution in [0.3, 0.4) is 0 Å². The number of hydrogen-bond acceptors (Lipinski definition) is 7. The molecule has 4 aliphatic rings. The molecule has 1 unspecified atom stereocenters. The molecule has 0 radical (unpaired) electrons. The normalized spacial score (nSPS) is 24.4. The Labute approximate surface area is 196 Å². The van der Waals surface area contributed by atoms with Crippen molar-refractivity contribution < 1.29 is 14.3 Å². The Morgan fingerprint density at radius 2 is 2.06 bits per heavy atom. The Balaban J connectivity index is 1.25. The van der Waals surface area contributed by atoms with Crippen molar-refractivity contribution in [1.82, 2.24) is 20.1 Å². The molecule has 2 aromatic rings. The van der Waals surface area contributed by atoms with Gasteiger partial charge in [0.25, 0.3) is 5.91 Å². The van der Waals surface area contributed by atoms with Crippen molar-refractivity contribution in [1.29, 1.82) is 0 Å². The highest BCUT2D eigenvalue weighted by Gasteiger charge is 2.35. The van der Waals surface area contributed by atoms with Gasteiger partial charge in [-0.2, -0.15) is 0 Å². The molecule has 9 nitrogen and oxygen atoms in total. The van der Waals surface area contributed by atoms with E-state index in [9.17, 15) is 9.59 Å². The predicted molar refractivity (Wildman–Crippen MR) is 125 cm³/mol. The summed E-state index contributed by atoms with van der Waals surface area (Å²) in [5.74, 6) is 1.45. The van der Waals surface area contributed by atoms with Gasteiger partial charge in [-0.3, -0.25) is 14.2 Å². The summed E-state index contributed by atoms with van der Waals surface area (Å²) in [5, 5.41) is 18.9. The average molecular weight is 471 g/mol. The Morgan fingerprint density at radius 1 is 1.18 bits per heavy atom. The first-order valence-corrected chi connectivity index (χ1v) is 12.9. The Morgan fingerprint density at radius 3 is 2.82 bits per heavy atom. The van der Waals surface area contributed by atoms with Crippen molar-refractivity contribution >= 4 is 34.1 Å². The van der Waals surface area contributed by atoms with Crippen molar-refractivity contribution in [2.24, 2.45) is 11.8 Å². The van der Waals surface area contributed by atoms with E-state index < -0.39 is 0 Å². The van der Waals surface area contributed by atoms with Crippen molar-refractivity contribution in [3.63, 3.8) is 0 Å². The maximum Gasteiger partial charge on any atom is 0.254 e. The van der Waals surface area contributed by atoms with Gasteiger partial charge in [-0.25, -0.2) is 0 Å². The molecular formula is C23H30N6O3S. The second kappa shape index (κ2) is 8.72. The van der Waals surface area contributed by atoms with Crippen LogP contribution in [-0.4, -0.2) is 52.4 Å². The van der Waals surface area contributed by atoms with Gasteiger partial charge in [-0.1, -0.05) is 0 Å². The first-order chi connectivity index (χ1) is 16.2. The minimum atomic E-state index is -0.0589. The van der Waals surface area contributed by atoms with Crippen molar-refractivity contribution in [2.45, 2.75) is 63.5 Å². The lowest BCUT2D eigenvalue weighted by Crippen LogP contribution is -2.29. The third kappa shape index (κ3) is 4.50. The molecule has 0 bridgehead atoms. The number of amides is 2. The lowest BCUT2D eigenvalue weighted by Gasteiger charge is -2.26. The third-order valence-electron chi connectivity index (χ3n) is 7.12. The van der Waals surface area contributed by atoms with E-state index in [1.165, 1.54) is 17.7 Å². The number of thiophene rings is 1. The molecule has 1 saturated heterocycles. The van der Waals surface area contributed by atoms with E-state index in [1.54, 1.807) is 17.7 Å². The van der Waals surface area contributed by atoms with E-state index in [4.69, 9.17) is 4.74 Å². The summed E-state index contributed by atoms with van der Waals surface area (Å²) in [6.07, 6.45) is 9.54. The van der Waals surface area contributed by atoms with Gasteiger partial charge in [0.05, 0.1) is 18.2 Å². The lowest BCUT2D eigenvalue weighted by atomic mass is 9.91. The van der Waals surface area contributed by atoms with Crippen LogP contribution in [0.5, 0.6) is 0 Å². The fraction of sp³-hybridized carbons (Fsp3) is 0.652. The fourth-order valence-corrected chi connectivity index (χ4v) is 6.03. The molecule has 2 atom stereocenters. The smallest absolute Gasteiger partial charge is 0.254 e. The first-order valence-electron chi connectivity index (χ1n) is 12.1. The van der Waals surface area contributed by atoms with Crippen LogP contribution in [0.1, 0.15) is 65.4 Å². The number of aromatic nitrogens is 3.